The number of halogens is 1. The van der Waals surface area contributed by atoms with E-state index in [2.05, 4.69) is 21.0 Å². The number of hydrogen-bond acceptors (Lipinski definition) is 3. The molecule has 5 heteroatoms. The lowest BCUT2D eigenvalue weighted by atomic mass is 10.1. The van der Waals surface area contributed by atoms with Gasteiger partial charge in [0.2, 0.25) is 0 Å². The predicted octanol–water partition coefficient (Wildman–Crippen LogP) is 2.70. The number of methoxy groups -OCH3 is 1. The Morgan fingerprint density at radius 3 is 2.76 bits per heavy atom. The molecule has 1 aromatic heterocycles. The van der Waals surface area contributed by atoms with Gasteiger partial charge in [0.25, 0.3) is 0 Å². The van der Waals surface area contributed by atoms with Crippen LogP contribution >= 0.6 is 15.9 Å². The molecule has 0 unspecified atom stereocenters. The van der Waals surface area contributed by atoms with Crippen molar-refractivity contribution in [3.05, 3.63) is 40.6 Å². The van der Waals surface area contributed by atoms with Crippen molar-refractivity contribution in [2.75, 3.05) is 7.11 Å². The highest BCUT2D eigenvalue weighted by atomic mass is 79.9. The van der Waals surface area contributed by atoms with Gasteiger partial charge in [-0.15, -0.1) is 0 Å². The Morgan fingerprint density at radius 2 is 2.24 bits per heavy atom. The van der Waals surface area contributed by atoms with Crippen molar-refractivity contribution < 1.29 is 9.84 Å². The van der Waals surface area contributed by atoms with Gasteiger partial charge in [0.15, 0.2) is 0 Å². The van der Waals surface area contributed by atoms with Gasteiger partial charge in [-0.1, -0.05) is 6.07 Å². The van der Waals surface area contributed by atoms with E-state index in [0.717, 1.165) is 15.7 Å². The summed E-state index contributed by atoms with van der Waals surface area (Å²) >= 11 is 3.35. The summed E-state index contributed by atoms with van der Waals surface area (Å²) in [6.45, 7) is 1.71. The van der Waals surface area contributed by atoms with Crippen molar-refractivity contribution >= 4 is 15.9 Å². The molecule has 0 aliphatic carbocycles. The van der Waals surface area contributed by atoms with Crippen molar-refractivity contribution in [3.63, 3.8) is 0 Å². The third-order valence-corrected chi connectivity index (χ3v) is 2.89. The van der Waals surface area contributed by atoms with Crippen LogP contribution in [0.3, 0.4) is 0 Å². The number of benzene rings is 1. The smallest absolute Gasteiger partial charge is 0.126 e. The van der Waals surface area contributed by atoms with Gasteiger partial charge in [0.05, 0.1) is 29.6 Å². The second kappa shape index (κ2) is 4.89. The lowest BCUT2D eigenvalue weighted by molar-refractivity contribution is 0.194. The average molecular weight is 297 g/mol. The molecule has 0 aliphatic heterocycles. The van der Waals surface area contributed by atoms with Crippen LogP contribution in [0.2, 0.25) is 0 Å². The van der Waals surface area contributed by atoms with Crippen molar-refractivity contribution in [1.82, 2.24) is 9.78 Å². The summed E-state index contributed by atoms with van der Waals surface area (Å²) in [6.07, 6.45) is 2.91. The lowest BCUT2D eigenvalue weighted by Gasteiger charge is -2.15. The molecule has 1 N–H and O–H groups in total. The maximum Gasteiger partial charge on any atom is 0.126 e. The van der Waals surface area contributed by atoms with Crippen LogP contribution < -0.4 is 4.74 Å². The number of aromatic nitrogens is 2. The largest absolute Gasteiger partial charge is 0.496 e. The summed E-state index contributed by atoms with van der Waals surface area (Å²) in [7, 11) is 1.59. The highest BCUT2D eigenvalue weighted by Crippen LogP contribution is 2.31. The molecule has 1 atom stereocenters. The topological polar surface area (TPSA) is 47.3 Å². The van der Waals surface area contributed by atoms with Gasteiger partial charge in [-0.05, 0) is 35.0 Å². The zero-order valence-electron chi connectivity index (χ0n) is 9.59. The molecule has 2 rings (SSSR count). The van der Waals surface area contributed by atoms with E-state index < -0.39 is 6.10 Å². The van der Waals surface area contributed by atoms with E-state index in [1.165, 1.54) is 0 Å². The first-order chi connectivity index (χ1) is 8.13. The van der Waals surface area contributed by atoms with Gasteiger partial charge in [-0.3, -0.25) is 0 Å². The third-order valence-electron chi connectivity index (χ3n) is 2.48. The highest BCUT2D eigenvalue weighted by Gasteiger charge is 2.15. The quantitative estimate of drug-likeness (QED) is 0.947. The zero-order valence-corrected chi connectivity index (χ0v) is 11.2. The number of ether oxygens (including phenoxy) is 1. The van der Waals surface area contributed by atoms with Gasteiger partial charge in [-0.2, -0.15) is 5.10 Å². The maximum atomic E-state index is 9.85. The van der Waals surface area contributed by atoms with Gasteiger partial charge >= 0.3 is 0 Å². The molecule has 4 nitrogen and oxygen atoms in total. The van der Waals surface area contributed by atoms with E-state index in [0.29, 0.717) is 5.75 Å². The Labute approximate surface area is 108 Å². The second-order valence-electron chi connectivity index (χ2n) is 3.67. The van der Waals surface area contributed by atoms with E-state index in [9.17, 15) is 5.11 Å². The van der Waals surface area contributed by atoms with Gasteiger partial charge in [0, 0.05) is 11.8 Å². The van der Waals surface area contributed by atoms with Crippen LogP contribution in [0.25, 0.3) is 5.69 Å². The highest BCUT2D eigenvalue weighted by molar-refractivity contribution is 9.10. The van der Waals surface area contributed by atoms with Gasteiger partial charge < -0.3 is 9.84 Å². The normalized spacial score (nSPS) is 12.5. The molecular weight excluding hydrogens is 284 g/mol. The molecule has 90 valence electrons. The van der Waals surface area contributed by atoms with Crippen molar-refractivity contribution in [1.29, 1.82) is 0 Å². The van der Waals surface area contributed by atoms with E-state index in [4.69, 9.17) is 4.74 Å². The van der Waals surface area contributed by atoms with E-state index in [1.807, 2.05) is 24.4 Å². The molecule has 1 aromatic carbocycles. The third kappa shape index (κ3) is 2.35. The first-order valence-electron chi connectivity index (χ1n) is 5.19. The number of hydrogen-bond donors (Lipinski definition) is 1. The molecular formula is C12H13BrN2O2. The second-order valence-corrected chi connectivity index (χ2v) is 4.59. The zero-order chi connectivity index (χ0) is 12.4. The Morgan fingerprint density at radius 1 is 1.47 bits per heavy atom. The lowest BCUT2D eigenvalue weighted by Crippen LogP contribution is -2.05. The van der Waals surface area contributed by atoms with Crippen LogP contribution in [-0.4, -0.2) is 22.0 Å². The standard InChI is InChI=1S/C12H13BrN2O2/c1-8(16)12-10(4-3-5-11(12)17-2)15-7-9(13)6-14-15/h3-8,16H,1-2H3/t8-/m0/s1. The summed E-state index contributed by atoms with van der Waals surface area (Å²) in [5.74, 6) is 0.657. The summed E-state index contributed by atoms with van der Waals surface area (Å²) < 4.78 is 7.85. The van der Waals surface area contributed by atoms with Gasteiger partial charge in [-0.25, -0.2) is 4.68 Å². The van der Waals surface area contributed by atoms with Crippen LogP contribution in [-0.2, 0) is 0 Å². The Kier molecular flexibility index (Phi) is 3.49. The van der Waals surface area contributed by atoms with E-state index in [-0.39, 0.29) is 0 Å². The van der Waals surface area contributed by atoms with Crippen molar-refractivity contribution in [2.45, 2.75) is 13.0 Å². The minimum absolute atomic E-state index is 0.621. The number of aliphatic hydroxyl groups excluding tert-OH is 1. The maximum absolute atomic E-state index is 9.85. The fourth-order valence-electron chi connectivity index (χ4n) is 1.76. The van der Waals surface area contributed by atoms with E-state index >= 15 is 0 Å². The Balaban J connectivity index is 2.60. The molecule has 0 spiro atoms. The van der Waals surface area contributed by atoms with Gasteiger partial charge in [0.1, 0.15) is 5.75 Å². The van der Waals surface area contributed by atoms with Crippen LogP contribution in [0, 0.1) is 0 Å². The first-order valence-corrected chi connectivity index (χ1v) is 5.98. The molecule has 0 saturated carbocycles. The monoisotopic (exact) mass is 296 g/mol. The van der Waals surface area contributed by atoms with Crippen molar-refractivity contribution in [3.8, 4) is 11.4 Å². The summed E-state index contributed by atoms with van der Waals surface area (Å²) in [5.41, 5.74) is 1.54. The molecule has 0 radical (unpaired) electrons. The Hall–Kier alpha value is -1.33. The van der Waals surface area contributed by atoms with Crippen molar-refractivity contribution in [2.24, 2.45) is 0 Å². The van der Waals surface area contributed by atoms with Crippen LogP contribution in [0.15, 0.2) is 35.1 Å². The molecule has 17 heavy (non-hydrogen) atoms. The summed E-state index contributed by atoms with van der Waals surface area (Å²) in [6, 6.07) is 5.59. The number of nitrogens with zero attached hydrogens (tertiary/aromatic N) is 2. The predicted molar refractivity (Wildman–Crippen MR) is 68.4 cm³/mol. The first kappa shape index (κ1) is 12.1. The van der Waals surface area contributed by atoms with Crippen LogP contribution in [0.4, 0.5) is 0 Å². The summed E-state index contributed by atoms with van der Waals surface area (Å²) in [4.78, 5) is 0. The molecule has 0 aliphatic rings. The fourth-order valence-corrected chi connectivity index (χ4v) is 2.05. The van der Waals surface area contributed by atoms with Crippen LogP contribution in [0.5, 0.6) is 5.75 Å². The minimum Gasteiger partial charge on any atom is -0.496 e. The minimum atomic E-state index is -0.621. The average Bonchev–Trinajstić information content (AvgIpc) is 2.74. The number of rotatable bonds is 3. The molecule has 1 heterocycles. The molecule has 0 amide bonds. The summed E-state index contributed by atoms with van der Waals surface area (Å²) in [5, 5.41) is 14.1. The number of aliphatic hydroxyl groups is 1. The van der Waals surface area contributed by atoms with E-state index in [1.54, 1.807) is 24.9 Å². The molecule has 0 bridgehead atoms. The fraction of sp³-hybridized carbons (Fsp3) is 0.250. The molecule has 2 aromatic rings. The van der Waals surface area contributed by atoms with Crippen LogP contribution in [0.1, 0.15) is 18.6 Å². The SMILES string of the molecule is COc1cccc(-n2cc(Br)cn2)c1[C@H](C)O. The molecule has 0 saturated heterocycles. The Bertz CT molecular complexity index is 523. The molecule has 0 fully saturated rings.